The fourth-order valence-corrected chi connectivity index (χ4v) is 6.15. The van der Waals surface area contributed by atoms with Crippen molar-refractivity contribution in [3.8, 4) is 0 Å². The Hall–Kier alpha value is -4.31. The average molecular weight is 689 g/mol. The maximum Gasteiger partial charge on any atom is 0.328 e. The molecule has 0 unspecified atom stereocenters. The molecular weight excluding hydrogens is 632 g/mol. The Kier molecular flexibility index (Phi) is 14.5. The van der Waals surface area contributed by atoms with Crippen LogP contribution < -0.4 is 16.0 Å². The van der Waals surface area contributed by atoms with E-state index in [9.17, 15) is 24.0 Å². The molecule has 0 aliphatic carbocycles. The highest BCUT2D eigenvalue weighted by atomic mass is 16.5. The van der Waals surface area contributed by atoms with Crippen molar-refractivity contribution >= 4 is 29.5 Å². The summed E-state index contributed by atoms with van der Waals surface area (Å²) >= 11 is 0. The van der Waals surface area contributed by atoms with Crippen LogP contribution in [-0.4, -0.2) is 78.2 Å². The standard InChI is InChI=1S/C40H56N4O6/c1-25(2)31(41-38(48)35(40(6,7)8)43-37(47)33-17-13-14-22-44(33)26(3)4)23-27(5)36(46)42-32(39(49)50-9)24-28-18-20-30(21-19-28)34(45)29-15-11-10-12-16-29/h10-12,15-16,18-21,23,25-26,31-33,35H,13-14,17,22,24H2,1-9H3,(H,41,48)(H,42,46)(H,43,47)/b27-23+/t31-,32+,33-,35-/m1/s1. The van der Waals surface area contributed by atoms with E-state index in [2.05, 4.69) is 34.7 Å². The van der Waals surface area contributed by atoms with Crippen LogP contribution in [0.15, 0.2) is 66.2 Å². The molecule has 0 bridgehead atoms. The number of carbonyl (C=O) groups excluding carboxylic acids is 5. The number of methoxy groups -OCH3 is 1. The molecule has 1 saturated heterocycles. The third-order valence-electron chi connectivity index (χ3n) is 9.22. The third kappa shape index (κ3) is 11.1. The molecule has 1 aliphatic heterocycles. The van der Waals surface area contributed by atoms with Crippen LogP contribution in [0.3, 0.4) is 0 Å². The van der Waals surface area contributed by atoms with E-state index < -0.39 is 35.4 Å². The first-order valence-electron chi connectivity index (χ1n) is 17.7. The van der Waals surface area contributed by atoms with Gasteiger partial charge in [-0.25, -0.2) is 4.79 Å². The molecule has 3 rings (SSSR count). The molecule has 3 N–H and O–H groups in total. The minimum Gasteiger partial charge on any atom is -0.467 e. The predicted octanol–water partition coefficient (Wildman–Crippen LogP) is 5.00. The highest BCUT2D eigenvalue weighted by Gasteiger charge is 2.38. The number of hydrogen-bond acceptors (Lipinski definition) is 7. The zero-order valence-electron chi connectivity index (χ0n) is 31.2. The van der Waals surface area contributed by atoms with E-state index in [4.69, 9.17) is 4.74 Å². The van der Waals surface area contributed by atoms with Crippen LogP contribution >= 0.6 is 0 Å². The SMILES string of the molecule is COC(=O)[C@H](Cc1ccc(C(=O)c2ccccc2)cc1)NC(=O)/C(C)=C/[C@@H](NC(=O)[C@@H](NC(=O)[C@H]1CCCCN1C(C)C)C(C)(C)C)C(C)C. The summed E-state index contributed by atoms with van der Waals surface area (Å²) in [5.74, 6) is -1.76. The number of likely N-dealkylation sites (tertiary alicyclic amines) is 1. The third-order valence-corrected chi connectivity index (χ3v) is 9.22. The summed E-state index contributed by atoms with van der Waals surface area (Å²) in [5, 5.41) is 8.89. The second-order valence-electron chi connectivity index (χ2n) is 14.9. The second-order valence-corrected chi connectivity index (χ2v) is 14.9. The van der Waals surface area contributed by atoms with Gasteiger partial charge in [0.2, 0.25) is 17.7 Å². The first-order chi connectivity index (χ1) is 23.5. The van der Waals surface area contributed by atoms with E-state index in [-0.39, 0.29) is 42.0 Å². The fraction of sp³-hybridized carbons (Fsp3) is 0.525. The molecule has 1 heterocycles. The number of esters is 1. The molecule has 3 amide bonds. The van der Waals surface area contributed by atoms with Crippen LogP contribution in [0.25, 0.3) is 0 Å². The minimum atomic E-state index is -0.982. The van der Waals surface area contributed by atoms with Crippen LogP contribution in [0.5, 0.6) is 0 Å². The molecule has 2 aromatic carbocycles. The molecule has 1 fully saturated rings. The van der Waals surface area contributed by atoms with Crippen LogP contribution in [-0.2, 0) is 30.3 Å². The number of nitrogens with one attached hydrogen (secondary N) is 3. The van der Waals surface area contributed by atoms with E-state index in [1.54, 1.807) is 61.5 Å². The number of amides is 3. The lowest BCUT2D eigenvalue weighted by Crippen LogP contribution is -2.60. The van der Waals surface area contributed by atoms with Crippen molar-refractivity contribution in [2.75, 3.05) is 13.7 Å². The second kappa shape index (κ2) is 18.1. The van der Waals surface area contributed by atoms with Crippen LogP contribution in [0.1, 0.15) is 96.1 Å². The Morgan fingerprint density at radius 3 is 2.06 bits per heavy atom. The molecule has 272 valence electrons. The first kappa shape index (κ1) is 40.1. The summed E-state index contributed by atoms with van der Waals surface area (Å²) in [6, 6.07) is 13.5. The number of rotatable bonds is 14. The Bertz CT molecular complexity index is 1510. The number of ketones is 1. The maximum absolute atomic E-state index is 13.8. The quantitative estimate of drug-likeness (QED) is 0.145. The largest absolute Gasteiger partial charge is 0.467 e. The zero-order valence-corrected chi connectivity index (χ0v) is 31.2. The van der Waals surface area contributed by atoms with E-state index in [1.807, 2.05) is 40.7 Å². The van der Waals surface area contributed by atoms with Gasteiger partial charge in [0, 0.05) is 29.2 Å². The molecule has 2 aromatic rings. The van der Waals surface area contributed by atoms with Crippen LogP contribution in [0.2, 0.25) is 0 Å². The van der Waals surface area contributed by atoms with Gasteiger partial charge >= 0.3 is 5.97 Å². The number of benzene rings is 2. The van der Waals surface area contributed by atoms with Crippen molar-refractivity contribution in [2.45, 2.75) is 111 Å². The Morgan fingerprint density at radius 2 is 1.50 bits per heavy atom. The Morgan fingerprint density at radius 1 is 0.880 bits per heavy atom. The van der Waals surface area contributed by atoms with E-state index in [1.165, 1.54) is 7.11 Å². The van der Waals surface area contributed by atoms with E-state index in [0.29, 0.717) is 16.7 Å². The molecule has 0 spiro atoms. The number of carbonyl (C=O) groups is 5. The molecule has 1 aliphatic rings. The normalized spacial score (nSPS) is 17.4. The lowest BCUT2D eigenvalue weighted by Gasteiger charge is -2.39. The smallest absolute Gasteiger partial charge is 0.328 e. The van der Waals surface area contributed by atoms with E-state index >= 15 is 0 Å². The van der Waals surface area contributed by atoms with Crippen molar-refractivity contribution in [1.82, 2.24) is 20.9 Å². The summed E-state index contributed by atoms with van der Waals surface area (Å²) in [7, 11) is 1.26. The van der Waals surface area contributed by atoms with Gasteiger partial charge in [0.05, 0.1) is 19.2 Å². The Labute approximate surface area is 297 Å². The van der Waals surface area contributed by atoms with Crippen molar-refractivity contribution in [3.63, 3.8) is 0 Å². The average Bonchev–Trinajstić information content (AvgIpc) is 3.09. The van der Waals surface area contributed by atoms with Gasteiger partial charge in [-0.3, -0.25) is 24.1 Å². The van der Waals surface area contributed by atoms with Gasteiger partial charge in [0.1, 0.15) is 12.1 Å². The van der Waals surface area contributed by atoms with Crippen LogP contribution in [0.4, 0.5) is 0 Å². The molecular formula is C40H56N4O6. The minimum absolute atomic E-state index is 0.0821. The molecule has 0 saturated carbocycles. The molecule has 0 radical (unpaired) electrons. The molecule has 10 heteroatoms. The number of piperidine rings is 1. The first-order valence-corrected chi connectivity index (χ1v) is 17.7. The molecule has 10 nitrogen and oxygen atoms in total. The number of nitrogens with zero attached hydrogens (tertiary/aromatic N) is 1. The monoisotopic (exact) mass is 688 g/mol. The van der Waals surface area contributed by atoms with Gasteiger partial charge in [0.15, 0.2) is 5.78 Å². The summed E-state index contributed by atoms with van der Waals surface area (Å²) in [5.41, 5.74) is 1.57. The van der Waals surface area contributed by atoms with Crippen molar-refractivity contribution < 1.29 is 28.7 Å². The lowest BCUT2D eigenvalue weighted by molar-refractivity contribution is -0.144. The van der Waals surface area contributed by atoms with E-state index in [0.717, 1.165) is 31.4 Å². The van der Waals surface area contributed by atoms with Crippen molar-refractivity contribution in [1.29, 1.82) is 0 Å². The van der Waals surface area contributed by atoms with Gasteiger partial charge in [0.25, 0.3) is 0 Å². The number of hydrogen-bond donors (Lipinski definition) is 3. The predicted molar refractivity (Wildman–Crippen MR) is 195 cm³/mol. The molecule has 0 aromatic heterocycles. The summed E-state index contributed by atoms with van der Waals surface area (Å²) in [6.07, 6.45) is 4.59. The van der Waals surface area contributed by atoms with Crippen molar-refractivity contribution in [2.24, 2.45) is 11.3 Å². The highest BCUT2D eigenvalue weighted by molar-refractivity contribution is 6.09. The molecule has 4 atom stereocenters. The van der Waals surface area contributed by atoms with Gasteiger partial charge < -0.3 is 20.7 Å². The summed E-state index contributed by atoms with van der Waals surface area (Å²) in [6.45, 7) is 16.3. The molecule has 50 heavy (non-hydrogen) atoms. The van der Waals surface area contributed by atoms with Gasteiger partial charge in [-0.05, 0) is 57.1 Å². The van der Waals surface area contributed by atoms with Crippen molar-refractivity contribution in [3.05, 3.63) is 82.9 Å². The van der Waals surface area contributed by atoms with Gasteiger partial charge in [-0.1, -0.05) is 102 Å². The fourth-order valence-electron chi connectivity index (χ4n) is 6.15. The Balaban J connectivity index is 1.72. The summed E-state index contributed by atoms with van der Waals surface area (Å²) in [4.78, 5) is 68.5. The highest BCUT2D eigenvalue weighted by Crippen LogP contribution is 2.24. The maximum atomic E-state index is 13.8. The topological polar surface area (TPSA) is 134 Å². The lowest BCUT2D eigenvalue weighted by atomic mass is 9.85. The van der Waals surface area contributed by atoms with Crippen LogP contribution in [0, 0.1) is 11.3 Å². The summed E-state index contributed by atoms with van der Waals surface area (Å²) < 4.78 is 4.99. The van der Waals surface area contributed by atoms with Gasteiger partial charge in [-0.2, -0.15) is 0 Å². The van der Waals surface area contributed by atoms with Gasteiger partial charge in [-0.15, -0.1) is 0 Å². The zero-order chi connectivity index (χ0) is 37.2. The number of ether oxygens (including phenoxy) is 1.